The molecule has 0 bridgehead atoms. The predicted octanol–water partition coefficient (Wildman–Crippen LogP) is 3.84. The predicted molar refractivity (Wildman–Crippen MR) is 130 cm³/mol. The van der Waals surface area contributed by atoms with Crippen LogP contribution in [-0.4, -0.2) is 57.4 Å². The third kappa shape index (κ3) is 3.89. The summed E-state index contributed by atoms with van der Waals surface area (Å²) in [6.07, 6.45) is 0. The van der Waals surface area contributed by atoms with Crippen LogP contribution in [0, 0.1) is 0 Å². The van der Waals surface area contributed by atoms with Gasteiger partial charge in [0.05, 0.1) is 25.1 Å². The highest BCUT2D eigenvalue weighted by molar-refractivity contribution is 7.89. The first kappa shape index (κ1) is 25.0. The summed E-state index contributed by atoms with van der Waals surface area (Å²) in [5, 5.41) is 2.64. The van der Waals surface area contributed by atoms with Gasteiger partial charge < -0.3 is 23.5 Å². The lowest BCUT2D eigenvalue weighted by Crippen LogP contribution is -2.40. The van der Waals surface area contributed by atoms with Crippen molar-refractivity contribution in [2.45, 2.75) is 12.1 Å². The van der Waals surface area contributed by atoms with E-state index >= 15 is 0 Å². The van der Waals surface area contributed by atoms with Crippen LogP contribution in [0.3, 0.4) is 0 Å². The minimum atomic E-state index is -5.58. The van der Waals surface area contributed by atoms with Gasteiger partial charge >= 0.3 is 15.5 Å². The van der Waals surface area contributed by atoms with Crippen LogP contribution in [-0.2, 0) is 16.6 Å². The van der Waals surface area contributed by atoms with Crippen molar-refractivity contribution in [1.82, 2.24) is 8.87 Å². The molecule has 0 atom stereocenters. The highest BCUT2D eigenvalue weighted by Crippen LogP contribution is 2.41. The van der Waals surface area contributed by atoms with Crippen LogP contribution in [0.1, 0.15) is 0 Å². The smallest absolute Gasteiger partial charge is 0.493 e. The molecule has 0 saturated carbocycles. The second kappa shape index (κ2) is 8.70. The summed E-state index contributed by atoms with van der Waals surface area (Å²) < 4.78 is 86.2. The summed E-state index contributed by atoms with van der Waals surface area (Å²) in [7, 11) is -1.89. The van der Waals surface area contributed by atoms with E-state index < -0.39 is 27.6 Å². The molecule has 196 valence electrons. The lowest BCUT2D eigenvalue weighted by molar-refractivity contribution is -0.0483. The van der Waals surface area contributed by atoms with Gasteiger partial charge in [-0.25, -0.2) is 8.42 Å². The summed E-state index contributed by atoms with van der Waals surface area (Å²) in [5.41, 5.74) is -5.60. The number of ether oxygens (including phenoxy) is 4. The van der Waals surface area contributed by atoms with Crippen molar-refractivity contribution in [1.29, 1.82) is 0 Å². The summed E-state index contributed by atoms with van der Waals surface area (Å²) >= 11 is 0. The van der Waals surface area contributed by atoms with E-state index in [4.69, 9.17) is 18.9 Å². The number of sulfonamides is 1. The van der Waals surface area contributed by atoms with Gasteiger partial charge in [0.2, 0.25) is 6.79 Å². The zero-order chi connectivity index (χ0) is 26.7. The molecule has 0 amide bonds. The van der Waals surface area contributed by atoms with Crippen molar-refractivity contribution in [3.63, 3.8) is 0 Å². The maximum atomic E-state index is 13.8. The van der Waals surface area contributed by atoms with Crippen molar-refractivity contribution < 1.29 is 40.5 Å². The second-order valence-electron chi connectivity index (χ2n) is 8.37. The fourth-order valence-corrected chi connectivity index (χ4v) is 5.16. The topological polar surface area (TPSA) is 96.3 Å². The molecule has 9 nitrogen and oxygen atoms in total. The van der Waals surface area contributed by atoms with Gasteiger partial charge in [0.1, 0.15) is 0 Å². The molecule has 13 heteroatoms. The van der Waals surface area contributed by atoms with E-state index in [1.165, 1.54) is 24.9 Å². The number of fused-ring (bicyclic) bond motifs is 6. The lowest BCUT2D eigenvalue weighted by atomic mass is 10.00. The van der Waals surface area contributed by atoms with Crippen LogP contribution in [0.25, 0.3) is 32.4 Å². The van der Waals surface area contributed by atoms with Crippen LogP contribution >= 0.6 is 0 Å². The zero-order valence-electron chi connectivity index (χ0n) is 19.9. The Morgan fingerprint density at radius 3 is 2.19 bits per heavy atom. The van der Waals surface area contributed by atoms with Crippen molar-refractivity contribution in [2.24, 2.45) is 0 Å². The molecule has 0 radical (unpaired) electrons. The van der Waals surface area contributed by atoms with Crippen molar-refractivity contribution in [3.8, 4) is 23.0 Å². The minimum Gasteiger partial charge on any atom is -0.493 e. The Kier molecular flexibility index (Phi) is 5.87. The molecule has 4 aromatic rings. The number of pyridine rings is 1. The van der Waals surface area contributed by atoms with Gasteiger partial charge in [-0.15, -0.1) is 0 Å². The SMILES string of the molecule is COc1cc2c(=O)n(CCN(C)S(=O)(=O)C(F)(F)F)c3c4cc5c(cc4ccc3c2cc1OC)OCO5. The molecule has 37 heavy (non-hydrogen) atoms. The molecule has 0 N–H and O–H groups in total. The van der Waals surface area contributed by atoms with Crippen LogP contribution in [0.5, 0.6) is 23.0 Å². The second-order valence-corrected chi connectivity index (χ2v) is 10.4. The average Bonchev–Trinajstić information content (AvgIpc) is 3.32. The van der Waals surface area contributed by atoms with Gasteiger partial charge in [-0.3, -0.25) is 4.79 Å². The molecular weight excluding hydrogens is 517 g/mol. The van der Waals surface area contributed by atoms with Crippen LogP contribution in [0.4, 0.5) is 13.2 Å². The number of halogens is 3. The highest BCUT2D eigenvalue weighted by Gasteiger charge is 2.48. The van der Waals surface area contributed by atoms with E-state index in [2.05, 4.69) is 0 Å². The quantitative estimate of drug-likeness (QED) is 0.344. The number of nitrogens with zero attached hydrogens (tertiary/aromatic N) is 2. The molecule has 1 aromatic heterocycles. The lowest BCUT2D eigenvalue weighted by Gasteiger charge is -2.21. The molecule has 2 heterocycles. The highest BCUT2D eigenvalue weighted by atomic mass is 32.2. The Morgan fingerprint density at radius 2 is 1.57 bits per heavy atom. The van der Waals surface area contributed by atoms with E-state index in [1.807, 2.05) is 6.07 Å². The molecular formula is C24H21F3N2O7S. The molecule has 0 aliphatic carbocycles. The van der Waals surface area contributed by atoms with E-state index in [-0.39, 0.29) is 23.0 Å². The first-order valence-corrected chi connectivity index (χ1v) is 12.4. The standard InChI is InChI=1S/C24H21F3N2O7S/c1-28(37(31,32)24(25,26)27)6-7-29-22-14(5-4-13-8-20-21(9-15(13)22)36-12-35-20)16-10-18(33-2)19(34-3)11-17(16)23(29)30/h4-5,8-11H,6-7,12H2,1-3H3. The Labute approximate surface area is 208 Å². The van der Waals surface area contributed by atoms with E-state index in [0.717, 1.165) is 7.05 Å². The number of rotatable bonds is 6. The summed E-state index contributed by atoms with van der Waals surface area (Å²) in [4.78, 5) is 13.8. The Balaban J connectivity index is 1.81. The monoisotopic (exact) mass is 538 g/mol. The average molecular weight is 539 g/mol. The number of aromatic nitrogens is 1. The molecule has 0 fully saturated rings. The third-order valence-corrected chi connectivity index (χ3v) is 7.97. The van der Waals surface area contributed by atoms with Crippen molar-refractivity contribution in [2.75, 3.05) is 34.6 Å². The molecule has 3 aromatic carbocycles. The molecule has 0 saturated heterocycles. The van der Waals surface area contributed by atoms with Gasteiger partial charge in [-0.2, -0.15) is 17.5 Å². The molecule has 0 unspecified atom stereocenters. The summed E-state index contributed by atoms with van der Waals surface area (Å²) in [5.74, 6) is 1.64. The molecule has 1 aliphatic heterocycles. The molecule has 5 rings (SSSR count). The molecule has 1 aliphatic rings. The van der Waals surface area contributed by atoms with Gasteiger partial charge in [-0.1, -0.05) is 12.1 Å². The maximum absolute atomic E-state index is 13.8. The summed E-state index contributed by atoms with van der Waals surface area (Å²) in [6, 6.07) is 10.2. The Morgan fingerprint density at radius 1 is 0.946 bits per heavy atom. The number of alkyl halides is 3. The fourth-order valence-electron chi connectivity index (χ4n) is 4.48. The van der Waals surface area contributed by atoms with Crippen LogP contribution in [0.15, 0.2) is 41.2 Å². The van der Waals surface area contributed by atoms with Crippen LogP contribution in [0.2, 0.25) is 0 Å². The van der Waals surface area contributed by atoms with Crippen molar-refractivity contribution in [3.05, 3.63) is 46.8 Å². The summed E-state index contributed by atoms with van der Waals surface area (Å²) in [6.45, 7) is -0.925. The van der Waals surface area contributed by atoms with Crippen molar-refractivity contribution >= 4 is 42.5 Å². The van der Waals surface area contributed by atoms with Gasteiger partial charge in [0, 0.05) is 36.3 Å². The third-order valence-electron chi connectivity index (χ3n) is 6.39. The normalized spacial score (nSPS) is 13.7. The number of benzene rings is 3. The van der Waals surface area contributed by atoms with E-state index in [9.17, 15) is 26.4 Å². The van der Waals surface area contributed by atoms with Gasteiger partial charge in [0.15, 0.2) is 23.0 Å². The van der Waals surface area contributed by atoms with Gasteiger partial charge in [-0.05, 0) is 29.7 Å². The molecule has 0 spiro atoms. The largest absolute Gasteiger partial charge is 0.511 e. The maximum Gasteiger partial charge on any atom is 0.511 e. The first-order valence-electron chi connectivity index (χ1n) is 10.9. The number of likely N-dealkylation sites (N-methyl/N-ethyl adjacent to an activating group) is 1. The van der Waals surface area contributed by atoms with Crippen LogP contribution < -0.4 is 24.5 Å². The van der Waals surface area contributed by atoms with E-state index in [0.29, 0.717) is 50.1 Å². The Bertz CT molecular complexity index is 1730. The zero-order valence-corrected chi connectivity index (χ0v) is 20.7. The van der Waals surface area contributed by atoms with Gasteiger partial charge in [0.25, 0.3) is 5.56 Å². The number of methoxy groups -OCH3 is 2. The first-order chi connectivity index (χ1) is 17.5. The number of hydrogen-bond donors (Lipinski definition) is 0. The Hall–Kier alpha value is -3.71. The minimum absolute atomic E-state index is 0.0242. The number of hydrogen-bond acceptors (Lipinski definition) is 7. The fraction of sp³-hybridized carbons (Fsp3) is 0.292. The van der Waals surface area contributed by atoms with E-state index in [1.54, 1.807) is 24.3 Å².